The summed E-state index contributed by atoms with van der Waals surface area (Å²) in [7, 11) is 0. The van der Waals surface area contributed by atoms with E-state index in [1.807, 2.05) is 36.4 Å². The number of thiazole rings is 1. The first kappa shape index (κ1) is 20.6. The maximum Gasteiger partial charge on any atom is 0.225 e. The van der Waals surface area contributed by atoms with E-state index in [0.717, 1.165) is 65.6 Å². The summed E-state index contributed by atoms with van der Waals surface area (Å²) in [5.74, 6) is 0.976. The average molecular weight is 425 g/mol. The van der Waals surface area contributed by atoms with Gasteiger partial charge in [-0.3, -0.25) is 4.79 Å². The number of nitrogens with zero attached hydrogens (tertiary/aromatic N) is 3. The third-order valence-corrected chi connectivity index (χ3v) is 6.41. The maximum atomic E-state index is 12.8. The summed E-state index contributed by atoms with van der Waals surface area (Å²) in [6.07, 6.45) is 5.88. The third-order valence-electron chi connectivity index (χ3n) is 5.37. The molecule has 3 heterocycles. The largest absolute Gasteiger partial charge is 0.494 e. The molecule has 0 bridgehead atoms. The van der Waals surface area contributed by atoms with Crippen LogP contribution in [0.5, 0.6) is 5.75 Å². The van der Waals surface area contributed by atoms with Gasteiger partial charge in [0, 0.05) is 25.8 Å². The summed E-state index contributed by atoms with van der Waals surface area (Å²) in [6.45, 7) is 5.07. The van der Waals surface area contributed by atoms with E-state index in [4.69, 9.17) is 9.72 Å². The molecule has 1 fully saturated rings. The topological polar surface area (TPSA) is 67.3 Å². The molecule has 0 unspecified atom stereocenters. The maximum absolute atomic E-state index is 12.8. The van der Waals surface area contributed by atoms with Crippen LogP contribution in [-0.2, 0) is 11.3 Å². The van der Waals surface area contributed by atoms with Gasteiger partial charge in [0.1, 0.15) is 16.1 Å². The molecule has 1 atom stereocenters. The van der Waals surface area contributed by atoms with Crippen LogP contribution in [0, 0.1) is 5.92 Å². The summed E-state index contributed by atoms with van der Waals surface area (Å²) in [6, 6.07) is 11.9. The second-order valence-corrected chi connectivity index (χ2v) is 8.63. The fourth-order valence-electron chi connectivity index (χ4n) is 3.63. The Balaban J connectivity index is 1.30. The van der Waals surface area contributed by atoms with E-state index in [9.17, 15) is 4.79 Å². The molecule has 0 radical (unpaired) electrons. The average Bonchev–Trinajstić information content (AvgIpc) is 3.23. The van der Waals surface area contributed by atoms with Crippen LogP contribution >= 0.6 is 11.3 Å². The van der Waals surface area contributed by atoms with Gasteiger partial charge in [-0.05, 0) is 49.1 Å². The Hall–Kier alpha value is -2.67. The zero-order valence-corrected chi connectivity index (χ0v) is 18.2. The van der Waals surface area contributed by atoms with Crippen molar-refractivity contribution in [3.05, 3.63) is 48.2 Å². The van der Waals surface area contributed by atoms with Crippen molar-refractivity contribution in [2.75, 3.05) is 24.6 Å². The molecule has 1 N–H and O–H groups in total. The number of amides is 1. The van der Waals surface area contributed by atoms with Crippen molar-refractivity contribution >= 4 is 32.7 Å². The second-order valence-electron chi connectivity index (χ2n) is 7.67. The number of aromatic nitrogens is 2. The van der Waals surface area contributed by atoms with Gasteiger partial charge in [0.05, 0.1) is 12.5 Å². The third kappa shape index (κ3) is 5.08. The van der Waals surface area contributed by atoms with Crippen LogP contribution < -0.4 is 15.0 Å². The molecule has 1 aliphatic heterocycles. The summed E-state index contributed by atoms with van der Waals surface area (Å²) in [5.41, 5.74) is 2.00. The van der Waals surface area contributed by atoms with Gasteiger partial charge in [-0.1, -0.05) is 36.8 Å². The van der Waals surface area contributed by atoms with Crippen molar-refractivity contribution in [1.82, 2.24) is 15.3 Å². The standard InChI is InChI=1S/C23H28N4O2S/c1-2-3-14-29-19-10-8-17(9-11-19)15-25-21(28)18-6-5-13-27(16-18)23-26-20-7-4-12-24-22(20)30-23/h4,7-12,18H,2-3,5-6,13-16H2,1H3,(H,25,28)/t18-/m1/s1. The molecule has 7 heteroatoms. The number of hydrogen-bond donors (Lipinski definition) is 1. The molecular weight excluding hydrogens is 396 g/mol. The number of benzene rings is 1. The lowest BCUT2D eigenvalue weighted by Gasteiger charge is -2.31. The van der Waals surface area contributed by atoms with Crippen molar-refractivity contribution in [3.63, 3.8) is 0 Å². The van der Waals surface area contributed by atoms with E-state index in [1.165, 1.54) is 0 Å². The van der Waals surface area contributed by atoms with Gasteiger partial charge >= 0.3 is 0 Å². The summed E-state index contributed by atoms with van der Waals surface area (Å²) in [4.78, 5) is 25.0. The molecule has 30 heavy (non-hydrogen) atoms. The normalized spacial score (nSPS) is 16.6. The van der Waals surface area contributed by atoms with Crippen molar-refractivity contribution in [2.45, 2.75) is 39.2 Å². The van der Waals surface area contributed by atoms with Crippen LogP contribution in [0.2, 0.25) is 0 Å². The van der Waals surface area contributed by atoms with Crippen LogP contribution in [0.3, 0.4) is 0 Å². The lowest BCUT2D eigenvalue weighted by atomic mass is 9.97. The molecule has 6 nitrogen and oxygen atoms in total. The molecule has 0 spiro atoms. The molecule has 3 aromatic rings. The minimum atomic E-state index is -0.0182. The van der Waals surface area contributed by atoms with E-state index in [0.29, 0.717) is 13.1 Å². The Kier molecular flexibility index (Phi) is 6.79. The fraction of sp³-hybridized carbons (Fsp3) is 0.435. The smallest absolute Gasteiger partial charge is 0.225 e. The van der Waals surface area contributed by atoms with Gasteiger partial charge < -0.3 is 15.0 Å². The Morgan fingerprint density at radius 1 is 1.30 bits per heavy atom. The van der Waals surface area contributed by atoms with Crippen molar-refractivity contribution in [1.29, 1.82) is 0 Å². The number of unbranched alkanes of at least 4 members (excludes halogenated alkanes) is 1. The lowest BCUT2D eigenvalue weighted by molar-refractivity contribution is -0.125. The zero-order chi connectivity index (χ0) is 20.8. The fourth-order valence-corrected chi connectivity index (χ4v) is 4.57. The van der Waals surface area contributed by atoms with E-state index < -0.39 is 0 Å². The first-order valence-corrected chi connectivity index (χ1v) is 11.5. The zero-order valence-electron chi connectivity index (χ0n) is 17.3. The van der Waals surface area contributed by atoms with Crippen molar-refractivity contribution < 1.29 is 9.53 Å². The van der Waals surface area contributed by atoms with Crippen LogP contribution in [0.1, 0.15) is 38.2 Å². The highest BCUT2D eigenvalue weighted by atomic mass is 32.1. The highest BCUT2D eigenvalue weighted by molar-refractivity contribution is 7.21. The highest BCUT2D eigenvalue weighted by Gasteiger charge is 2.27. The van der Waals surface area contributed by atoms with Gasteiger partial charge in [-0.15, -0.1) is 0 Å². The van der Waals surface area contributed by atoms with E-state index in [-0.39, 0.29) is 11.8 Å². The van der Waals surface area contributed by atoms with Crippen LogP contribution in [0.15, 0.2) is 42.6 Å². The predicted octanol–water partition coefficient (Wildman–Crippen LogP) is 4.40. The van der Waals surface area contributed by atoms with E-state index >= 15 is 0 Å². The number of carbonyl (C=O) groups is 1. The van der Waals surface area contributed by atoms with Gasteiger partial charge in [0.2, 0.25) is 5.91 Å². The lowest BCUT2D eigenvalue weighted by Crippen LogP contribution is -2.42. The molecule has 0 aliphatic carbocycles. The van der Waals surface area contributed by atoms with Crippen LogP contribution in [0.4, 0.5) is 5.13 Å². The number of piperidine rings is 1. The van der Waals surface area contributed by atoms with E-state index in [1.54, 1.807) is 17.5 Å². The number of anilines is 1. The molecule has 1 aliphatic rings. The number of ether oxygens (including phenoxy) is 1. The number of fused-ring (bicyclic) bond motifs is 1. The molecular formula is C23H28N4O2S. The van der Waals surface area contributed by atoms with Gasteiger partial charge in [-0.2, -0.15) is 0 Å². The second kappa shape index (κ2) is 9.89. The first-order valence-electron chi connectivity index (χ1n) is 10.7. The molecule has 2 aromatic heterocycles. The van der Waals surface area contributed by atoms with Gasteiger partial charge in [-0.25, -0.2) is 9.97 Å². The predicted molar refractivity (Wildman–Crippen MR) is 121 cm³/mol. The van der Waals surface area contributed by atoms with Gasteiger partial charge in [0.15, 0.2) is 5.13 Å². The molecule has 158 valence electrons. The first-order chi connectivity index (χ1) is 14.7. The summed E-state index contributed by atoms with van der Waals surface area (Å²) in [5, 5.41) is 4.06. The minimum absolute atomic E-state index is 0.0182. The van der Waals surface area contributed by atoms with E-state index in [2.05, 4.69) is 22.1 Å². The Labute approximate surface area is 181 Å². The van der Waals surface area contributed by atoms with Crippen LogP contribution in [-0.4, -0.2) is 35.6 Å². The molecule has 1 amide bonds. The molecule has 1 aromatic carbocycles. The van der Waals surface area contributed by atoms with Crippen molar-refractivity contribution in [3.8, 4) is 5.75 Å². The highest BCUT2D eigenvalue weighted by Crippen LogP contribution is 2.30. The van der Waals surface area contributed by atoms with Crippen LogP contribution in [0.25, 0.3) is 10.3 Å². The number of pyridine rings is 1. The monoisotopic (exact) mass is 424 g/mol. The van der Waals surface area contributed by atoms with Gasteiger partial charge in [0.25, 0.3) is 0 Å². The Morgan fingerprint density at radius 3 is 2.97 bits per heavy atom. The molecule has 0 saturated carbocycles. The number of rotatable bonds is 8. The summed E-state index contributed by atoms with van der Waals surface area (Å²) >= 11 is 1.60. The number of nitrogens with one attached hydrogen (secondary N) is 1. The number of carbonyl (C=O) groups excluding carboxylic acids is 1. The molecule has 4 rings (SSSR count). The Bertz CT molecular complexity index is 940. The number of hydrogen-bond acceptors (Lipinski definition) is 6. The molecule has 1 saturated heterocycles. The SMILES string of the molecule is CCCCOc1ccc(CNC(=O)[C@@H]2CCCN(c3nc4cccnc4s3)C2)cc1. The summed E-state index contributed by atoms with van der Waals surface area (Å²) < 4.78 is 5.70. The Morgan fingerprint density at radius 2 is 2.17 bits per heavy atom. The minimum Gasteiger partial charge on any atom is -0.494 e. The quantitative estimate of drug-likeness (QED) is 0.543. The van der Waals surface area contributed by atoms with Crippen molar-refractivity contribution in [2.24, 2.45) is 5.92 Å².